The zero-order valence-corrected chi connectivity index (χ0v) is 14.5. The van der Waals surface area contributed by atoms with E-state index >= 15 is 0 Å². The van der Waals surface area contributed by atoms with E-state index in [-0.39, 0.29) is 0 Å². The van der Waals surface area contributed by atoms with Crippen molar-refractivity contribution in [3.63, 3.8) is 0 Å². The zero-order valence-electron chi connectivity index (χ0n) is 14.5. The largest absolute Gasteiger partial charge is 0.444 e. The molecule has 2 unspecified atom stereocenters. The second-order valence-corrected chi connectivity index (χ2v) is 7.08. The fourth-order valence-electron chi connectivity index (χ4n) is 4.24. The Morgan fingerprint density at radius 3 is 2.40 bits per heavy atom. The van der Waals surface area contributed by atoms with Crippen molar-refractivity contribution >= 4 is 5.69 Å². The number of hydrogen-bond donors (Lipinski definition) is 1. The van der Waals surface area contributed by atoms with Crippen molar-refractivity contribution in [3.8, 4) is 11.5 Å². The van der Waals surface area contributed by atoms with Gasteiger partial charge in [-0.3, -0.25) is 0 Å². The minimum atomic E-state index is 0.468. The lowest BCUT2D eigenvalue weighted by molar-refractivity contribution is 0.275. The molecule has 2 aliphatic rings. The summed E-state index contributed by atoms with van der Waals surface area (Å²) in [5, 5.41) is 2.42. The fraction of sp³-hybridized carbons (Fsp3) is 0.286. The van der Waals surface area contributed by atoms with E-state index in [1.165, 1.54) is 29.5 Å². The third-order valence-electron chi connectivity index (χ3n) is 5.44. The van der Waals surface area contributed by atoms with Crippen molar-refractivity contribution in [2.45, 2.75) is 38.8 Å². The monoisotopic (exact) mass is 331 g/mol. The average Bonchev–Trinajstić information content (AvgIpc) is 3.31. The maximum atomic E-state index is 5.61. The molecule has 1 saturated heterocycles. The van der Waals surface area contributed by atoms with Crippen molar-refractivity contribution < 1.29 is 4.42 Å². The number of aryl methyl sites for hydroxylation is 2. The third-order valence-corrected chi connectivity index (χ3v) is 5.44. The van der Waals surface area contributed by atoms with Crippen molar-refractivity contribution in [2.75, 3.05) is 5.43 Å². The molecule has 126 valence electrons. The molecule has 0 radical (unpaired) electrons. The summed E-state index contributed by atoms with van der Waals surface area (Å²) in [6.45, 7) is 4.04. The van der Waals surface area contributed by atoms with Gasteiger partial charge in [0, 0.05) is 11.3 Å². The Kier molecular flexibility index (Phi) is 3.22. The lowest BCUT2D eigenvalue weighted by Crippen LogP contribution is -2.26. The van der Waals surface area contributed by atoms with Crippen LogP contribution in [-0.2, 0) is 0 Å². The van der Waals surface area contributed by atoms with Crippen molar-refractivity contribution in [3.05, 3.63) is 71.1 Å². The van der Waals surface area contributed by atoms with Gasteiger partial charge in [-0.25, -0.2) is 9.99 Å². The fourth-order valence-corrected chi connectivity index (χ4v) is 4.24. The molecule has 2 bridgehead atoms. The van der Waals surface area contributed by atoms with E-state index in [1.807, 2.05) is 6.92 Å². The molecule has 5 rings (SSSR count). The van der Waals surface area contributed by atoms with E-state index in [2.05, 4.69) is 64.8 Å². The van der Waals surface area contributed by atoms with Crippen LogP contribution in [0.2, 0.25) is 0 Å². The van der Waals surface area contributed by atoms with Gasteiger partial charge in [-0.2, -0.15) is 0 Å². The Morgan fingerprint density at radius 1 is 1.04 bits per heavy atom. The normalized spacial score (nSPS) is 21.5. The summed E-state index contributed by atoms with van der Waals surface area (Å²) in [4.78, 5) is 4.48. The van der Waals surface area contributed by atoms with Gasteiger partial charge in [0.25, 0.3) is 0 Å². The van der Waals surface area contributed by atoms with Gasteiger partial charge in [0.2, 0.25) is 5.89 Å². The summed E-state index contributed by atoms with van der Waals surface area (Å²) < 4.78 is 5.61. The molecule has 1 N–H and O–H groups in total. The molecule has 25 heavy (non-hydrogen) atoms. The molecule has 4 nitrogen and oxygen atoms in total. The van der Waals surface area contributed by atoms with Gasteiger partial charge in [0.05, 0.1) is 17.8 Å². The molecule has 2 atom stereocenters. The highest BCUT2D eigenvalue weighted by atomic mass is 16.3. The first kappa shape index (κ1) is 14.7. The second kappa shape index (κ2) is 5.46. The Bertz CT molecular complexity index is 915. The van der Waals surface area contributed by atoms with Crippen molar-refractivity contribution in [1.82, 2.24) is 9.99 Å². The lowest BCUT2D eigenvalue weighted by Gasteiger charge is -2.24. The van der Waals surface area contributed by atoms with Crippen LogP contribution in [0.5, 0.6) is 0 Å². The summed E-state index contributed by atoms with van der Waals surface area (Å²) in [7, 11) is 0. The summed E-state index contributed by atoms with van der Waals surface area (Å²) in [5.41, 5.74) is 10.8. The maximum absolute atomic E-state index is 5.61. The number of anilines is 1. The summed E-state index contributed by atoms with van der Waals surface area (Å²) >= 11 is 0. The molecule has 1 fully saturated rings. The summed E-state index contributed by atoms with van der Waals surface area (Å²) in [6.07, 6.45) is 4.13. The average molecular weight is 331 g/mol. The smallest absolute Gasteiger partial charge is 0.226 e. The SMILES string of the molecule is Cc1coc(-c2cc(NN3C4CCC3c3ccccc34)ccc2C)n1. The van der Waals surface area contributed by atoms with E-state index in [4.69, 9.17) is 4.42 Å². The van der Waals surface area contributed by atoms with Gasteiger partial charge in [-0.05, 0) is 55.5 Å². The van der Waals surface area contributed by atoms with E-state index in [1.54, 1.807) is 6.26 Å². The van der Waals surface area contributed by atoms with Crippen LogP contribution < -0.4 is 5.43 Å². The van der Waals surface area contributed by atoms with Crippen LogP contribution in [0.15, 0.2) is 53.1 Å². The Hall–Kier alpha value is -2.59. The molecule has 0 saturated carbocycles. The highest BCUT2D eigenvalue weighted by Crippen LogP contribution is 2.52. The van der Waals surface area contributed by atoms with E-state index in [9.17, 15) is 0 Å². The molecule has 2 aromatic carbocycles. The Balaban J connectivity index is 1.46. The van der Waals surface area contributed by atoms with Gasteiger partial charge >= 0.3 is 0 Å². The zero-order chi connectivity index (χ0) is 17.0. The highest BCUT2D eigenvalue weighted by Gasteiger charge is 2.43. The van der Waals surface area contributed by atoms with Crippen LogP contribution in [0.4, 0.5) is 5.69 Å². The van der Waals surface area contributed by atoms with Crippen LogP contribution in [0, 0.1) is 13.8 Å². The van der Waals surface area contributed by atoms with Crippen molar-refractivity contribution in [1.29, 1.82) is 0 Å². The van der Waals surface area contributed by atoms with E-state index in [0.717, 1.165) is 16.9 Å². The van der Waals surface area contributed by atoms with Gasteiger partial charge in [0.1, 0.15) is 6.26 Å². The molecule has 2 aliphatic heterocycles. The maximum Gasteiger partial charge on any atom is 0.226 e. The predicted molar refractivity (Wildman–Crippen MR) is 98.0 cm³/mol. The van der Waals surface area contributed by atoms with Gasteiger partial charge in [-0.1, -0.05) is 30.3 Å². The summed E-state index contributed by atoms with van der Waals surface area (Å²) in [5.74, 6) is 0.686. The number of nitrogens with one attached hydrogen (secondary N) is 1. The highest BCUT2D eigenvalue weighted by molar-refractivity contribution is 5.65. The number of hydrogen-bond acceptors (Lipinski definition) is 4. The van der Waals surface area contributed by atoms with Gasteiger partial charge < -0.3 is 9.84 Å². The quantitative estimate of drug-likeness (QED) is 0.718. The van der Waals surface area contributed by atoms with Crippen LogP contribution in [-0.4, -0.2) is 9.99 Å². The first-order valence-electron chi connectivity index (χ1n) is 8.87. The number of fused-ring (bicyclic) bond motifs is 5. The minimum absolute atomic E-state index is 0.468. The second-order valence-electron chi connectivity index (χ2n) is 7.08. The number of benzene rings is 2. The summed E-state index contributed by atoms with van der Waals surface area (Å²) in [6, 6.07) is 16.2. The van der Waals surface area contributed by atoms with Crippen LogP contribution >= 0.6 is 0 Å². The van der Waals surface area contributed by atoms with Crippen LogP contribution in [0.25, 0.3) is 11.5 Å². The molecular weight excluding hydrogens is 310 g/mol. The topological polar surface area (TPSA) is 41.3 Å². The third kappa shape index (κ3) is 2.29. The first-order chi connectivity index (χ1) is 12.2. The standard InChI is InChI=1S/C21H21N3O/c1-13-7-8-15(11-18(13)21-22-14(2)12-25-21)23-24-19-9-10-20(24)17-6-4-3-5-16(17)19/h3-8,11-12,19-20,23H,9-10H2,1-2H3. The van der Waals surface area contributed by atoms with Crippen LogP contribution in [0.1, 0.15) is 47.3 Å². The molecule has 0 aliphatic carbocycles. The first-order valence-corrected chi connectivity index (χ1v) is 8.87. The molecule has 0 amide bonds. The van der Waals surface area contributed by atoms with E-state index < -0.39 is 0 Å². The molecule has 1 aromatic heterocycles. The van der Waals surface area contributed by atoms with Gasteiger partial charge in [-0.15, -0.1) is 0 Å². The molecular formula is C21H21N3O. The lowest BCUT2D eigenvalue weighted by atomic mass is 9.92. The Labute approximate surface area is 147 Å². The number of hydrazine groups is 1. The number of oxazole rings is 1. The molecule has 0 spiro atoms. The number of rotatable bonds is 3. The van der Waals surface area contributed by atoms with E-state index in [0.29, 0.717) is 18.0 Å². The number of aromatic nitrogens is 1. The van der Waals surface area contributed by atoms with Crippen LogP contribution in [0.3, 0.4) is 0 Å². The Morgan fingerprint density at radius 2 is 1.76 bits per heavy atom. The molecule has 3 heterocycles. The van der Waals surface area contributed by atoms with Gasteiger partial charge in [0.15, 0.2) is 0 Å². The predicted octanol–water partition coefficient (Wildman–Crippen LogP) is 5.18. The van der Waals surface area contributed by atoms with Crippen molar-refractivity contribution in [2.24, 2.45) is 0 Å². The molecule has 4 heteroatoms. The molecule has 3 aromatic rings. The minimum Gasteiger partial charge on any atom is -0.444 e. The number of nitrogens with zero attached hydrogens (tertiary/aromatic N) is 2.